The van der Waals surface area contributed by atoms with Crippen LogP contribution in [0.2, 0.25) is 0 Å². The first-order chi connectivity index (χ1) is 27.8. The quantitative estimate of drug-likeness (QED) is 0.0947. The molecule has 0 N–H and O–H groups in total. The van der Waals surface area contributed by atoms with Gasteiger partial charge in [0.25, 0.3) is 0 Å². The first-order valence-corrected chi connectivity index (χ1v) is 22.2. The van der Waals surface area contributed by atoms with Crippen molar-refractivity contribution in [2.45, 2.75) is 80.1 Å². The molecule has 0 bridgehead atoms. The van der Waals surface area contributed by atoms with Gasteiger partial charge in [-0.3, -0.25) is 0 Å². The molecule has 58 heavy (non-hydrogen) atoms. The second-order valence-corrected chi connectivity index (χ2v) is 17.8. The minimum atomic E-state index is 0. The first-order valence-electron chi connectivity index (χ1n) is 21.2. The van der Waals surface area contributed by atoms with Gasteiger partial charge in [-0.2, -0.15) is 41.6 Å². The Morgan fingerprint density at radius 3 is 1.45 bits per heavy atom. The van der Waals surface area contributed by atoms with Crippen LogP contribution in [0.3, 0.4) is 0 Å². The predicted molar refractivity (Wildman–Crippen MR) is 251 cm³/mol. The number of hydrogen-bond acceptors (Lipinski definition) is 0. The van der Waals surface area contributed by atoms with Gasteiger partial charge in [-0.25, -0.2) is 0 Å². The zero-order valence-corrected chi connectivity index (χ0v) is 39.9. The molecule has 2 radical (unpaired) electrons. The maximum atomic E-state index is 3.31. The molecule has 9 rings (SSSR count). The number of rotatable bonds is 10. The Kier molecular flexibility index (Phi) is 15.3. The molecule has 0 fully saturated rings. The SMILES string of the molecule is CCCc1cc2c(-c3ccccc3CC(C)C)cccc2[cH-]1.CCCc1cc2c(-c3ccccc3CC(C)C)cccc2[cH-]1.[Hf].[c-]1cccc2c1[Si]c1ccccc1-2. The summed E-state index contributed by atoms with van der Waals surface area (Å²) in [6.07, 6.45) is 7.01. The van der Waals surface area contributed by atoms with Crippen LogP contribution in [0.4, 0.5) is 0 Å². The summed E-state index contributed by atoms with van der Waals surface area (Å²) in [7, 11) is 0.795. The molecular formula is C56H57HfSi-3. The molecule has 0 saturated heterocycles. The molecule has 0 amide bonds. The minimum Gasteiger partial charge on any atom is -0.184 e. The summed E-state index contributed by atoms with van der Waals surface area (Å²) in [6.45, 7) is 13.7. The van der Waals surface area contributed by atoms with E-state index < -0.39 is 0 Å². The number of hydrogen-bond donors (Lipinski definition) is 0. The largest absolute Gasteiger partial charge is 0.184 e. The van der Waals surface area contributed by atoms with Crippen LogP contribution in [-0.2, 0) is 51.5 Å². The Bertz CT molecular complexity index is 2370. The van der Waals surface area contributed by atoms with Crippen molar-refractivity contribution in [1.82, 2.24) is 0 Å². The van der Waals surface area contributed by atoms with Gasteiger partial charge in [-0.05, 0) is 59.8 Å². The molecule has 0 spiro atoms. The van der Waals surface area contributed by atoms with Gasteiger partial charge < -0.3 is 0 Å². The van der Waals surface area contributed by atoms with E-state index in [0.717, 1.165) is 22.4 Å². The van der Waals surface area contributed by atoms with Gasteiger partial charge in [0.15, 0.2) is 0 Å². The molecule has 1 aliphatic heterocycles. The predicted octanol–water partition coefficient (Wildman–Crippen LogP) is 13.9. The van der Waals surface area contributed by atoms with Crippen LogP contribution in [0, 0.1) is 17.9 Å². The van der Waals surface area contributed by atoms with Gasteiger partial charge >= 0.3 is 0 Å². The van der Waals surface area contributed by atoms with Crippen molar-refractivity contribution in [2.24, 2.45) is 11.8 Å². The zero-order valence-electron chi connectivity index (χ0n) is 35.3. The molecule has 0 unspecified atom stereocenters. The molecule has 0 aliphatic carbocycles. The topological polar surface area (TPSA) is 0 Å². The van der Waals surface area contributed by atoms with Crippen LogP contribution >= 0.6 is 0 Å². The van der Waals surface area contributed by atoms with Crippen molar-refractivity contribution in [1.29, 1.82) is 0 Å². The molecule has 0 aromatic heterocycles. The molecule has 0 saturated carbocycles. The zero-order chi connectivity index (χ0) is 39.7. The standard InChI is InChI=1S/2C22H25.C12H7Si.Hf/c2*1-4-8-17-14-19-10-7-12-21(22(19)15-17)20-11-6-5-9-18(20)13-16(2)3;1-3-7-11-9(5-1)10-6-2-4-8-12(10)13-11;/h2*5-7,9-12,14-16H,4,8,13H2,1-3H3;1-7H;/q3*-1;. The fourth-order valence-corrected chi connectivity index (χ4v) is 9.77. The number of benzene rings is 6. The van der Waals surface area contributed by atoms with E-state index in [1.165, 1.54) is 113 Å². The molecule has 1 aliphatic rings. The summed E-state index contributed by atoms with van der Waals surface area (Å²) in [4.78, 5) is 0. The fourth-order valence-electron chi connectivity index (χ4n) is 8.46. The maximum Gasteiger partial charge on any atom is 0.0920 e. The fraction of sp³-hybridized carbons (Fsp3) is 0.250. The smallest absolute Gasteiger partial charge is 0.0920 e. The van der Waals surface area contributed by atoms with Gasteiger partial charge in [0, 0.05) is 25.8 Å². The third-order valence-corrected chi connectivity index (χ3v) is 12.3. The monoisotopic (exact) mass is 937 g/mol. The molecular weight excluding hydrogens is 879 g/mol. The Balaban J connectivity index is 0.000000150. The molecule has 0 atom stereocenters. The summed E-state index contributed by atoms with van der Waals surface area (Å²) < 4.78 is 0. The molecule has 292 valence electrons. The Morgan fingerprint density at radius 1 is 0.500 bits per heavy atom. The molecule has 0 nitrogen and oxygen atoms in total. The number of aryl methyl sites for hydroxylation is 2. The van der Waals surface area contributed by atoms with Crippen LogP contribution in [0.25, 0.3) is 54.9 Å². The van der Waals surface area contributed by atoms with E-state index in [-0.39, 0.29) is 25.8 Å². The number of fused-ring (bicyclic) bond motifs is 5. The van der Waals surface area contributed by atoms with Gasteiger partial charge in [0.1, 0.15) is 0 Å². The summed E-state index contributed by atoms with van der Waals surface area (Å²) in [5.41, 5.74) is 14.2. The van der Waals surface area contributed by atoms with Crippen LogP contribution < -0.4 is 10.4 Å². The van der Waals surface area contributed by atoms with E-state index in [4.69, 9.17) is 0 Å². The van der Waals surface area contributed by atoms with E-state index in [0.29, 0.717) is 11.8 Å². The molecule has 8 aromatic rings. The van der Waals surface area contributed by atoms with Gasteiger partial charge in [-0.1, -0.05) is 161 Å². The minimum absolute atomic E-state index is 0. The summed E-state index contributed by atoms with van der Waals surface area (Å²) in [5.74, 6) is 1.35. The summed E-state index contributed by atoms with van der Waals surface area (Å²) in [5, 5.41) is 8.38. The molecule has 8 aromatic carbocycles. The van der Waals surface area contributed by atoms with Crippen LogP contribution in [0.1, 0.15) is 76.6 Å². The van der Waals surface area contributed by atoms with Crippen LogP contribution in [0.15, 0.2) is 152 Å². The van der Waals surface area contributed by atoms with Crippen LogP contribution in [0.5, 0.6) is 0 Å². The first kappa shape index (κ1) is 43.2. The van der Waals surface area contributed by atoms with Crippen molar-refractivity contribution in [3.63, 3.8) is 0 Å². The average molecular weight is 937 g/mol. The Hall–Kier alpha value is -4.37. The van der Waals surface area contributed by atoms with Crippen molar-refractivity contribution in [3.05, 3.63) is 180 Å². The summed E-state index contributed by atoms with van der Waals surface area (Å²) in [6, 6.07) is 58.8. The van der Waals surface area contributed by atoms with Gasteiger partial charge in [0.2, 0.25) is 0 Å². The van der Waals surface area contributed by atoms with Crippen molar-refractivity contribution in [2.75, 3.05) is 0 Å². The second kappa shape index (κ2) is 20.5. The third-order valence-electron chi connectivity index (χ3n) is 10.9. The van der Waals surface area contributed by atoms with E-state index in [1.807, 2.05) is 6.07 Å². The Labute approximate surface area is 370 Å². The second-order valence-electron chi connectivity index (χ2n) is 16.5. The third kappa shape index (κ3) is 10.2. The molecule has 1 heterocycles. The average Bonchev–Trinajstić information content (AvgIpc) is 3.93. The van der Waals surface area contributed by atoms with Crippen molar-refractivity contribution >= 4 is 41.4 Å². The van der Waals surface area contributed by atoms with Gasteiger partial charge in [-0.15, -0.1) is 74.6 Å². The van der Waals surface area contributed by atoms with E-state index >= 15 is 0 Å². The van der Waals surface area contributed by atoms with Crippen LogP contribution in [-0.4, -0.2) is 9.52 Å². The normalized spacial score (nSPS) is 11.4. The summed E-state index contributed by atoms with van der Waals surface area (Å²) >= 11 is 0. The van der Waals surface area contributed by atoms with Gasteiger partial charge in [0.05, 0.1) is 9.52 Å². The van der Waals surface area contributed by atoms with E-state index in [1.54, 1.807) is 0 Å². The van der Waals surface area contributed by atoms with Crippen molar-refractivity contribution < 1.29 is 25.8 Å². The van der Waals surface area contributed by atoms with Crippen molar-refractivity contribution in [3.8, 4) is 33.4 Å². The maximum absolute atomic E-state index is 3.31. The van der Waals surface area contributed by atoms with E-state index in [2.05, 4.69) is 193 Å². The molecule has 2 heteroatoms. The Morgan fingerprint density at radius 2 is 0.948 bits per heavy atom. The van der Waals surface area contributed by atoms with E-state index in [9.17, 15) is 0 Å².